The van der Waals surface area contributed by atoms with E-state index in [0.29, 0.717) is 35.3 Å². The molecule has 2 heterocycles. The molecule has 30 heavy (non-hydrogen) atoms. The predicted molar refractivity (Wildman–Crippen MR) is 111 cm³/mol. The fraction of sp³-hybridized carbons (Fsp3) is 0.381. The van der Waals surface area contributed by atoms with Crippen molar-refractivity contribution in [1.29, 1.82) is 0 Å². The van der Waals surface area contributed by atoms with E-state index in [1.54, 1.807) is 6.07 Å². The number of aliphatic hydroxyl groups is 2. The average molecular weight is 411 g/mol. The maximum atomic E-state index is 12.8. The average Bonchev–Trinajstić information content (AvgIpc) is 3.38. The van der Waals surface area contributed by atoms with Gasteiger partial charge in [0.15, 0.2) is 0 Å². The minimum atomic E-state index is -0.997. The van der Waals surface area contributed by atoms with Crippen LogP contribution in [0, 0.1) is 0 Å². The first-order valence-electron chi connectivity index (χ1n) is 9.92. The molecule has 1 aliphatic carbocycles. The zero-order valence-electron chi connectivity index (χ0n) is 16.7. The minimum Gasteiger partial charge on any atom is -0.479 e. The number of hydrogen-bond donors (Lipinski definition) is 5. The number of ether oxygens (including phenoxy) is 1. The number of nitrogens with zero attached hydrogens (tertiary/aromatic N) is 2. The van der Waals surface area contributed by atoms with Crippen LogP contribution in [-0.4, -0.2) is 44.1 Å². The molecule has 0 saturated heterocycles. The number of pyridine rings is 1. The molecule has 0 aliphatic heterocycles. The van der Waals surface area contributed by atoms with Gasteiger partial charge in [-0.15, -0.1) is 5.10 Å². The van der Waals surface area contributed by atoms with Gasteiger partial charge in [0.1, 0.15) is 5.82 Å². The standard InChI is InChI=1S/C21H25N5O4/c1-30-19-17-14(25-26-19)11-16(22-15(17)12-27)23-20(28)24-18(13-7-3-2-4-8-13)21(29)9-5-6-10-21/h2-4,7-8,11,18,27,29H,5-6,9-10,12H2,1H3,(H,25,26)(H2,22,23,24,28). The van der Waals surface area contributed by atoms with E-state index < -0.39 is 17.7 Å². The highest BCUT2D eigenvalue weighted by Gasteiger charge is 2.41. The number of aromatic amines is 1. The number of fused-ring (bicyclic) bond motifs is 1. The number of H-pyrrole nitrogens is 1. The van der Waals surface area contributed by atoms with Crippen LogP contribution in [0.3, 0.4) is 0 Å². The molecule has 1 saturated carbocycles. The van der Waals surface area contributed by atoms with Crippen molar-refractivity contribution in [1.82, 2.24) is 20.5 Å². The van der Waals surface area contributed by atoms with Crippen molar-refractivity contribution in [3.05, 3.63) is 47.7 Å². The Kier molecular flexibility index (Phi) is 5.56. The van der Waals surface area contributed by atoms with Crippen molar-refractivity contribution < 1.29 is 19.7 Å². The van der Waals surface area contributed by atoms with E-state index in [2.05, 4.69) is 25.8 Å². The monoisotopic (exact) mass is 411 g/mol. The third-order valence-electron chi connectivity index (χ3n) is 5.59. The minimum absolute atomic E-state index is 0.251. The summed E-state index contributed by atoms with van der Waals surface area (Å²) in [4.78, 5) is 17.1. The van der Waals surface area contributed by atoms with E-state index in [0.717, 1.165) is 18.4 Å². The van der Waals surface area contributed by atoms with Gasteiger partial charge in [-0.1, -0.05) is 43.2 Å². The van der Waals surface area contributed by atoms with Gasteiger partial charge < -0.3 is 20.3 Å². The number of aliphatic hydroxyl groups excluding tert-OH is 1. The first-order chi connectivity index (χ1) is 14.5. The van der Waals surface area contributed by atoms with E-state index in [4.69, 9.17) is 4.74 Å². The molecule has 4 rings (SSSR count). The summed E-state index contributed by atoms with van der Waals surface area (Å²) in [5.41, 5.74) is 0.760. The lowest BCUT2D eigenvalue weighted by molar-refractivity contribution is 0.0113. The zero-order valence-corrected chi connectivity index (χ0v) is 16.7. The highest BCUT2D eigenvalue weighted by molar-refractivity contribution is 5.93. The molecule has 158 valence electrons. The normalized spacial score (nSPS) is 16.4. The molecule has 1 fully saturated rings. The van der Waals surface area contributed by atoms with Crippen LogP contribution in [0.4, 0.5) is 10.6 Å². The highest BCUT2D eigenvalue weighted by Crippen LogP contribution is 2.40. The fourth-order valence-electron chi connectivity index (χ4n) is 4.15. The highest BCUT2D eigenvalue weighted by atomic mass is 16.5. The molecule has 1 unspecified atom stereocenters. The van der Waals surface area contributed by atoms with Gasteiger partial charge in [-0.2, -0.15) is 0 Å². The van der Waals surface area contributed by atoms with Gasteiger partial charge in [-0.05, 0) is 18.4 Å². The molecule has 9 heteroatoms. The second-order valence-electron chi connectivity index (χ2n) is 7.52. The molecule has 2 amide bonds. The number of carbonyl (C=O) groups is 1. The molecule has 1 aromatic carbocycles. The Morgan fingerprint density at radius 2 is 2.03 bits per heavy atom. The quantitative estimate of drug-likeness (QED) is 0.424. The van der Waals surface area contributed by atoms with Crippen LogP contribution >= 0.6 is 0 Å². The van der Waals surface area contributed by atoms with E-state index in [1.165, 1.54) is 7.11 Å². The first-order valence-corrected chi connectivity index (χ1v) is 9.92. The van der Waals surface area contributed by atoms with Gasteiger partial charge >= 0.3 is 6.03 Å². The topological polar surface area (TPSA) is 132 Å². The van der Waals surface area contributed by atoms with Crippen LogP contribution in [0.25, 0.3) is 10.9 Å². The van der Waals surface area contributed by atoms with Gasteiger partial charge in [-0.25, -0.2) is 9.78 Å². The van der Waals surface area contributed by atoms with Crippen molar-refractivity contribution in [2.45, 2.75) is 43.9 Å². The van der Waals surface area contributed by atoms with Gasteiger partial charge in [-0.3, -0.25) is 10.4 Å². The number of anilines is 1. The molecule has 3 aromatic rings. The maximum Gasteiger partial charge on any atom is 0.320 e. The van der Waals surface area contributed by atoms with Crippen molar-refractivity contribution in [2.75, 3.05) is 12.4 Å². The molecule has 0 radical (unpaired) electrons. The van der Waals surface area contributed by atoms with Gasteiger partial charge in [0, 0.05) is 6.07 Å². The Morgan fingerprint density at radius 1 is 1.30 bits per heavy atom. The number of urea groups is 1. The second kappa shape index (κ2) is 8.29. The fourth-order valence-corrected chi connectivity index (χ4v) is 4.15. The largest absolute Gasteiger partial charge is 0.479 e. The molecule has 9 nitrogen and oxygen atoms in total. The summed E-state index contributed by atoms with van der Waals surface area (Å²) in [7, 11) is 1.48. The first kappa shape index (κ1) is 20.1. The molecular formula is C21H25N5O4. The molecule has 2 aromatic heterocycles. The predicted octanol–water partition coefficient (Wildman–Crippen LogP) is 2.63. The summed E-state index contributed by atoms with van der Waals surface area (Å²) in [6.45, 7) is -0.337. The van der Waals surface area contributed by atoms with E-state index in [1.807, 2.05) is 30.3 Å². The molecule has 5 N–H and O–H groups in total. The number of aromatic nitrogens is 3. The number of methoxy groups -OCH3 is 1. The molecule has 1 atom stereocenters. The number of amides is 2. The molecule has 1 aliphatic rings. The second-order valence-corrected chi connectivity index (χ2v) is 7.52. The number of rotatable bonds is 6. The van der Waals surface area contributed by atoms with Crippen LogP contribution in [0.15, 0.2) is 36.4 Å². The summed E-state index contributed by atoms with van der Waals surface area (Å²) < 4.78 is 5.18. The van der Waals surface area contributed by atoms with Crippen molar-refractivity contribution in [3.63, 3.8) is 0 Å². The Morgan fingerprint density at radius 3 is 2.70 bits per heavy atom. The van der Waals surface area contributed by atoms with Gasteiger partial charge in [0.2, 0.25) is 5.88 Å². The maximum absolute atomic E-state index is 12.8. The smallest absolute Gasteiger partial charge is 0.320 e. The Hall–Kier alpha value is -3.17. The van der Waals surface area contributed by atoms with Gasteiger partial charge in [0.25, 0.3) is 0 Å². The molecule has 0 bridgehead atoms. The van der Waals surface area contributed by atoms with E-state index in [-0.39, 0.29) is 12.4 Å². The lowest BCUT2D eigenvalue weighted by atomic mass is 9.87. The summed E-state index contributed by atoms with van der Waals surface area (Å²) in [5, 5.41) is 33.9. The third-order valence-corrected chi connectivity index (χ3v) is 5.59. The molecular weight excluding hydrogens is 386 g/mol. The van der Waals surface area contributed by atoms with Crippen molar-refractivity contribution in [3.8, 4) is 5.88 Å². The van der Waals surface area contributed by atoms with Crippen LogP contribution in [0.5, 0.6) is 5.88 Å². The van der Waals surface area contributed by atoms with E-state index in [9.17, 15) is 15.0 Å². The summed E-state index contributed by atoms with van der Waals surface area (Å²) in [6, 6.07) is 10.0. The van der Waals surface area contributed by atoms with Crippen LogP contribution in [0.2, 0.25) is 0 Å². The van der Waals surface area contributed by atoms with Crippen LogP contribution < -0.4 is 15.4 Å². The number of nitrogens with one attached hydrogen (secondary N) is 3. The van der Waals surface area contributed by atoms with Crippen LogP contribution in [0.1, 0.15) is 43.0 Å². The molecule has 0 spiro atoms. The van der Waals surface area contributed by atoms with Gasteiger partial charge in [0.05, 0.1) is 42.0 Å². The summed E-state index contributed by atoms with van der Waals surface area (Å²) >= 11 is 0. The lowest BCUT2D eigenvalue weighted by Crippen LogP contribution is -2.45. The van der Waals surface area contributed by atoms with E-state index >= 15 is 0 Å². The zero-order chi connectivity index (χ0) is 21.1. The number of hydrogen-bond acceptors (Lipinski definition) is 6. The van der Waals surface area contributed by atoms with Crippen molar-refractivity contribution in [2.24, 2.45) is 0 Å². The van der Waals surface area contributed by atoms with Crippen LogP contribution in [-0.2, 0) is 6.61 Å². The Balaban J connectivity index is 1.58. The lowest BCUT2D eigenvalue weighted by Gasteiger charge is -2.33. The SMILES string of the molecule is COc1n[nH]c2cc(NC(=O)NC(c3ccccc3)C3(O)CCCC3)nc(CO)c12. The third kappa shape index (κ3) is 3.81. The summed E-state index contributed by atoms with van der Waals surface area (Å²) in [5.74, 6) is 0.575. The number of carbonyl (C=O) groups excluding carboxylic acids is 1. The Labute approximate surface area is 173 Å². The number of benzene rings is 1. The Bertz CT molecular complexity index is 1030. The summed E-state index contributed by atoms with van der Waals surface area (Å²) in [6.07, 6.45) is 3.09. The van der Waals surface area contributed by atoms with Crippen molar-refractivity contribution >= 4 is 22.8 Å².